The highest BCUT2D eigenvalue weighted by Crippen LogP contribution is 2.53. The van der Waals surface area contributed by atoms with Gasteiger partial charge in [-0.1, -0.05) is 19.8 Å². The number of nitrogens with one attached hydrogen (secondary N) is 1. The average Bonchev–Trinajstić information content (AvgIpc) is 2.15. The molecule has 0 aromatic heterocycles. The first-order valence-electron chi connectivity index (χ1n) is 5.99. The van der Waals surface area contributed by atoms with E-state index in [4.69, 9.17) is 0 Å². The smallest absolute Gasteiger partial charge is 0.225 e. The van der Waals surface area contributed by atoms with Crippen molar-refractivity contribution in [2.75, 3.05) is 0 Å². The summed E-state index contributed by atoms with van der Waals surface area (Å²) >= 11 is 0. The Kier molecular flexibility index (Phi) is 1.71. The van der Waals surface area contributed by atoms with E-state index in [0.29, 0.717) is 23.3 Å². The van der Waals surface area contributed by atoms with Gasteiger partial charge in [-0.05, 0) is 37.0 Å². The lowest BCUT2D eigenvalue weighted by molar-refractivity contribution is -0.143. The predicted molar refractivity (Wildman–Crippen MR) is 54.7 cm³/mol. The Morgan fingerprint density at radius 3 is 3.07 bits per heavy atom. The summed E-state index contributed by atoms with van der Waals surface area (Å²) in [5.74, 6) is 1.54. The minimum absolute atomic E-state index is 0.322. The molecule has 1 N–H and O–H groups in total. The third kappa shape index (κ3) is 1.06. The highest BCUT2D eigenvalue weighted by Gasteiger charge is 2.52. The Hall–Kier alpha value is -0.530. The Morgan fingerprint density at radius 2 is 2.29 bits per heavy atom. The first kappa shape index (κ1) is 8.75. The first-order valence-corrected chi connectivity index (χ1v) is 5.99. The predicted octanol–water partition coefficient (Wildman–Crippen LogP) is 2.09. The largest absolute Gasteiger partial charge is 0.352 e. The van der Waals surface area contributed by atoms with Gasteiger partial charge in [0.1, 0.15) is 0 Å². The van der Waals surface area contributed by atoms with Crippen LogP contribution in [0.15, 0.2) is 0 Å². The Labute approximate surface area is 85.4 Å². The van der Waals surface area contributed by atoms with Gasteiger partial charge >= 0.3 is 0 Å². The molecule has 2 saturated carbocycles. The first-order chi connectivity index (χ1) is 6.69. The van der Waals surface area contributed by atoms with E-state index in [2.05, 4.69) is 12.2 Å². The summed E-state index contributed by atoms with van der Waals surface area (Å²) in [5, 5.41) is 3.06. The van der Waals surface area contributed by atoms with Crippen molar-refractivity contribution in [3.05, 3.63) is 0 Å². The van der Waals surface area contributed by atoms with Gasteiger partial charge in [0.05, 0.1) is 5.92 Å². The number of carbonyl (C=O) groups excluding carboxylic acids is 1. The van der Waals surface area contributed by atoms with Crippen LogP contribution in [0.25, 0.3) is 0 Å². The molecule has 1 unspecified atom stereocenters. The molecule has 2 aliphatic carbocycles. The maximum absolute atomic E-state index is 11.3. The van der Waals surface area contributed by atoms with Gasteiger partial charge in [-0.3, -0.25) is 4.79 Å². The molecule has 3 rings (SSSR count). The van der Waals surface area contributed by atoms with Gasteiger partial charge in [-0.25, -0.2) is 0 Å². The third-order valence-electron chi connectivity index (χ3n) is 4.91. The molecular weight excluding hydrogens is 174 g/mol. The molecule has 0 aromatic rings. The Bertz CT molecular complexity index is 275. The fourth-order valence-corrected chi connectivity index (χ4v) is 3.89. The zero-order chi connectivity index (χ0) is 9.76. The van der Waals surface area contributed by atoms with Gasteiger partial charge < -0.3 is 5.32 Å². The van der Waals surface area contributed by atoms with Crippen LogP contribution in [0.4, 0.5) is 0 Å². The lowest BCUT2D eigenvalue weighted by Crippen LogP contribution is -2.64. The van der Waals surface area contributed by atoms with Crippen molar-refractivity contribution < 1.29 is 4.79 Å². The van der Waals surface area contributed by atoms with E-state index >= 15 is 0 Å². The van der Waals surface area contributed by atoms with Gasteiger partial charge in [-0.2, -0.15) is 0 Å². The summed E-state index contributed by atoms with van der Waals surface area (Å²) in [4.78, 5) is 11.3. The van der Waals surface area contributed by atoms with Gasteiger partial charge in [0.2, 0.25) is 5.91 Å². The molecule has 1 aliphatic heterocycles. The average molecular weight is 193 g/mol. The Morgan fingerprint density at radius 1 is 1.43 bits per heavy atom. The molecule has 1 heterocycles. The van der Waals surface area contributed by atoms with Crippen LogP contribution in [-0.4, -0.2) is 11.9 Å². The molecule has 3 fully saturated rings. The van der Waals surface area contributed by atoms with Crippen LogP contribution in [0.3, 0.4) is 0 Å². The fourth-order valence-electron chi connectivity index (χ4n) is 3.89. The number of carbonyl (C=O) groups is 1. The van der Waals surface area contributed by atoms with Crippen molar-refractivity contribution in [3.8, 4) is 0 Å². The fraction of sp³-hybridized carbons (Fsp3) is 0.917. The molecule has 2 heteroatoms. The van der Waals surface area contributed by atoms with Crippen LogP contribution < -0.4 is 5.32 Å². The lowest BCUT2D eigenvalue weighted by atomic mass is 9.55. The number of amides is 1. The molecule has 1 amide bonds. The second-order valence-corrected chi connectivity index (χ2v) is 5.76. The van der Waals surface area contributed by atoms with Gasteiger partial charge in [0.15, 0.2) is 0 Å². The zero-order valence-electron chi connectivity index (χ0n) is 8.88. The van der Waals surface area contributed by atoms with E-state index in [0.717, 1.165) is 5.92 Å². The minimum atomic E-state index is 0.322. The lowest BCUT2D eigenvalue weighted by Gasteiger charge is -2.54. The molecule has 2 nitrogen and oxygen atoms in total. The van der Waals surface area contributed by atoms with Crippen LogP contribution in [0.5, 0.6) is 0 Å². The van der Waals surface area contributed by atoms with Crippen molar-refractivity contribution >= 4 is 5.91 Å². The molecule has 0 spiro atoms. The summed E-state index contributed by atoms with van der Waals surface area (Å²) in [6.45, 7) is 2.44. The maximum atomic E-state index is 11.3. The van der Waals surface area contributed by atoms with Crippen molar-refractivity contribution in [2.45, 2.75) is 51.5 Å². The summed E-state index contributed by atoms with van der Waals surface area (Å²) in [6, 6.07) is 0.529. The van der Waals surface area contributed by atoms with E-state index in [-0.39, 0.29) is 0 Å². The number of β-lactam (4-membered cyclic amide) rings is 1. The molecule has 0 radical (unpaired) electrons. The van der Waals surface area contributed by atoms with Crippen LogP contribution in [0, 0.1) is 17.3 Å². The molecule has 4 atom stereocenters. The van der Waals surface area contributed by atoms with E-state index in [1.807, 2.05) is 0 Å². The second kappa shape index (κ2) is 2.74. The molecule has 3 aliphatic rings. The van der Waals surface area contributed by atoms with Gasteiger partial charge in [0.25, 0.3) is 0 Å². The molecular formula is C12H19NO. The van der Waals surface area contributed by atoms with Crippen LogP contribution >= 0.6 is 0 Å². The molecule has 78 valence electrons. The van der Waals surface area contributed by atoms with Gasteiger partial charge in [0, 0.05) is 6.04 Å². The van der Waals surface area contributed by atoms with Crippen molar-refractivity contribution in [3.63, 3.8) is 0 Å². The number of hydrogen-bond acceptors (Lipinski definition) is 1. The topological polar surface area (TPSA) is 29.1 Å². The van der Waals surface area contributed by atoms with Gasteiger partial charge in [-0.15, -0.1) is 0 Å². The highest BCUT2D eigenvalue weighted by atomic mass is 16.2. The van der Waals surface area contributed by atoms with Crippen molar-refractivity contribution in [2.24, 2.45) is 17.3 Å². The molecule has 14 heavy (non-hydrogen) atoms. The summed E-state index contributed by atoms with van der Waals surface area (Å²) in [5.41, 5.74) is 0.549. The highest BCUT2D eigenvalue weighted by molar-refractivity contribution is 5.86. The van der Waals surface area contributed by atoms with Crippen molar-refractivity contribution in [1.82, 2.24) is 5.32 Å². The monoisotopic (exact) mass is 193 g/mol. The second-order valence-electron chi connectivity index (χ2n) is 5.76. The van der Waals surface area contributed by atoms with Crippen molar-refractivity contribution in [1.29, 1.82) is 0 Å². The van der Waals surface area contributed by atoms with Crippen LogP contribution in [0.2, 0.25) is 0 Å². The van der Waals surface area contributed by atoms with E-state index in [9.17, 15) is 4.79 Å². The maximum Gasteiger partial charge on any atom is 0.225 e. The number of rotatable bonds is 0. The number of hydrogen-bond donors (Lipinski definition) is 1. The van der Waals surface area contributed by atoms with Crippen LogP contribution in [0.1, 0.15) is 45.4 Å². The SMILES string of the molecule is C[C@]12CCCCC1C[C@@H]1C(=O)N[C@@H]1C2. The zero-order valence-corrected chi connectivity index (χ0v) is 8.88. The number of fused-ring (bicyclic) bond motifs is 2. The minimum Gasteiger partial charge on any atom is -0.352 e. The summed E-state index contributed by atoms with van der Waals surface area (Å²) in [6.07, 6.45) is 7.96. The Balaban J connectivity index is 1.80. The van der Waals surface area contributed by atoms with Crippen LogP contribution in [-0.2, 0) is 4.79 Å². The normalized spacial score (nSPS) is 51.2. The third-order valence-corrected chi connectivity index (χ3v) is 4.91. The molecule has 1 saturated heterocycles. The van der Waals surface area contributed by atoms with E-state index in [1.54, 1.807) is 0 Å². The summed E-state index contributed by atoms with van der Waals surface area (Å²) in [7, 11) is 0. The molecule has 0 aromatic carbocycles. The van der Waals surface area contributed by atoms with E-state index < -0.39 is 0 Å². The molecule has 0 bridgehead atoms. The van der Waals surface area contributed by atoms with E-state index in [1.165, 1.54) is 38.5 Å². The summed E-state index contributed by atoms with van der Waals surface area (Å²) < 4.78 is 0. The standard InChI is InChI=1S/C12H19NO/c1-12-5-3-2-4-8(12)6-9-10(7-12)13-11(9)14/h8-10H,2-7H2,1H3,(H,13,14)/t8?,9-,10+,12+/m0/s1. The quantitative estimate of drug-likeness (QED) is 0.586.